The first-order valence-electron chi connectivity index (χ1n) is 12.3. The second-order valence-corrected chi connectivity index (χ2v) is 13.3. The average Bonchev–Trinajstić information content (AvgIpc) is 3.21. The normalized spacial score (nSPS) is 22.6. The quantitative estimate of drug-likeness (QED) is 0.635. The number of ether oxygens (including phenoxy) is 2. The van der Waals surface area contributed by atoms with E-state index in [0.29, 0.717) is 45.2 Å². The van der Waals surface area contributed by atoms with Crippen molar-refractivity contribution >= 4 is 21.9 Å². The lowest BCUT2D eigenvalue weighted by molar-refractivity contribution is 0.0123. The molecule has 0 radical (unpaired) electrons. The molecule has 0 spiro atoms. The summed E-state index contributed by atoms with van der Waals surface area (Å²) in [7, 11) is -3.22. The molecule has 0 aliphatic carbocycles. The van der Waals surface area contributed by atoms with Crippen molar-refractivity contribution in [3.05, 3.63) is 17.8 Å². The smallest absolute Gasteiger partial charge is 0.410 e. The van der Waals surface area contributed by atoms with Crippen LogP contribution in [0.4, 0.5) is 10.6 Å². The standard InChI is InChI=1S/C24H38N4O5S/c1-17(2)34(30,31)28-12-10-26(11-13-28)22-15-19-14-20(32-21(19)16-25-22)18-6-8-27(9-7-18)23(29)33-24(3,4)5/h15-18,20H,6-14H2,1-5H3. The molecule has 9 nitrogen and oxygen atoms in total. The highest BCUT2D eigenvalue weighted by Crippen LogP contribution is 2.36. The fourth-order valence-electron chi connectivity index (χ4n) is 4.84. The van der Waals surface area contributed by atoms with Gasteiger partial charge in [-0.1, -0.05) is 0 Å². The largest absolute Gasteiger partial charge is 0.488 e. The molecule has 0 saturated carbocycles. The maximum atomic E-state index is 12.4. The van der Waals surface area contributed by atoms with Crippen LogP contribution in [0.2, 0.25) is 0 Å². The average molecular weight is 495 g/mol. The molecular weight excluding hydrogens is 456 g/mol. The monoisotopic (exact) mass is 494 g/mol. The van der Waals surface area contributed by atoms with Crippen molar-refractivity contribution < 1.29 is 22.7 Å². The number of pyridine rings is 1. The van der Waals surface area contributed by atoms with Crippen molar-refractivity contribution in [1.82, 2.24) is 14.2 Å². The zero-order valence-electron chi connectivity index (χ0n) is 21.0. The number of amides is 1. The second-order valence-electron chi connectivity index (χ2n) is 10.8. The number of carbonyl (C=O) groups excluding carboxylic acids is 1. The van der Waals surface area contributed by atoms with Gasteiger partial charge in [-0.25, -0.2) is 18.2 Å². The number of anilines is 1. The van der Waals surface area contributed by atoms with Gasteiger partial charge in [-0.2, -0.15) is 4.31 Å². The van der Waals surface area contributed by atoms with Crippen LogP contribution in [0, 0.1) is 5.92 Å². The molecule has 34 heavy (non-hydrogen) atoms. The number of hydrogen-bond acceptors (Lipinski definition) is 7. The highest BCUT2D eigenvalue weighted by atomic mass is 32.2. The van der Waals surface area contributed by atoms with E-state index in [2.05, 4.69) is 16.0 Å². The Morgan fingerprint density at radius 3 is 2.35 bits per heavy atom. The van der Waals surface area contributed by atoms with E-state index >= 15 is 0 Å². The van der Waals surface area contributed by atoms with Crippen LogP contribution < -0.4 is 9.64 Å². The first-order valence-corrected chi connectivity index (χ1v) is 13.8. The SMILES string of the molecule is CC(C)S(=O)(=O)N1CCN(c2cc3c(cn2)OC(C2CCN(C(=O)OC(C)(C)C)CC2)C3)CC1. The fourth-order valence-corrected chi connectivity index (χ4v) is 6.11. The summed E-state index contributed by atoms with van der Waals surface area (Å²) in [4.78, 5) is 20.9. The molecule has 190 valence electrons. The molecular formula is C24H38N4O5S. The molecule has 2 saturated heterocycles. The number of sulfonamides is 1. The van der Waals surface area contributed by atoms with E-state index in [9.17, 15) is 13.2 Å². The molecule has 3 aliphatic rings. The molecule has 1 aromatic heterocycles. The molecule has 2 fully saturated rings. The highest BCUT2D eigenvalue weighted by molar-refractivity contribution is 7.89. The Bertz CT molecular complexity index is 991. The Morgan fingerprint density at radius 1 is 1.12 bits per heavy atom. The number of hydrogen-bond donors (Lipinski definition) is 0. The van der Waals surface area contributed by atoms with Crippen LogP contribution in [0.3, 0.4) is 0 Å². The topological polar surface area (TPSA) is 92.3 Å². The van der Waals surface area contributed by atoms with Gasteiger partial charge in [0.1, 0.15) is 23.3 Å². The van der Waals surface area contributed by atoms with Crippen LogP contribution in [0.25, 0.3) is 0 Å². The minimum absolute atomic E-state index is 0.0980. The van der Waals surface area contributed by atoms with E-state index in [1.807, 2.05) is 20.8 Å². The van der Waals surface area contributed by atoms with Crippen molar-refractivity contribution in [3.63, 3.8) is 0 Å². The molecule has 10 heteroatoms. The van der Waals surface area contributed by atoms with E-state index < -0.39 is 20.9 Å². The van der Waals surface area contributed by atoms with Crippen LogP contribution >= 0.6 is 0 Å². The highest BCUT2D eigenvalue weighted by Gasteiger charge is 2.36. The zero-order chi connectivity index (χ0) is 24.7. The van der Waals surface area contributed by atoms with Crippen LogP contribution in [0.5, 0.6) is 5.75 Å². The van der Waals surface area contributed by atoms with Gasteiger partial charge in [-0.15, -0.1) is 0 Å². The predicted molar refractivity (Wildman–Crippen MR) is 131 cm³/mol. The molecule has 4 rings (SSSR count). The zero-order valence-corrected chi connectivity index (χ0v) is 21.8. The predicted octanol–water partition coefficient (Wildman–Crippen LogP) is 2.89. The van der Waals surface area contributed by atoms with Crippen molar-refractivity contribution in [2.45, 2.75) is 70.8 Å². The maximum absolute atomic E-state index is 12.4. The number of aromatic nitrogens is 1. The van der Waals surface area contributed by atoms with Crippen LogP contribution in [-0.4, -0.2) is 84.9 Å². The molecule has 0 aromatic carbocycles. The second kappa shape index (κ2) is 9.53. The summed E-state index contributed by atoms with van der Waals surface area (Å²) in [6, 6.07) is 2.10. The molecule has 0 bridgehead atoms. The third kappa shape index (κ3) is 5.43. The Kier molecular flexibility index (Phi) is 7.01. The van der Waals surface area contributed by atoms with Gasteiger partial charge in [-0.05, 0) is 59.4 Å². The summed E-state index contributed by atoms with van der Waals surface area (Å²) >= 11 is 0. The lowest BCUT2D eigenvalue weighted by atomic mass is 9.89. The summed E-state index contributed by atoms with van der Waals surface area (Å²) in [5.41, 5.74) is 0.672. The number of fused-ring (bicyclic) bond motifs is 1. The minimum atomic E-state index is -3.22. The van der Waals surface area contributed by atoms with E-state index in [0.717, 1.165) is 36.4 Å². The van der Waals surface area contributed by atoms with Crippen LogP contribution in [0.15, 0.2) is 12.3 Å². The van der Waals surface area contributed by atoms with Gasteiger partial charge < -0.3 is 19.3 Å². The van der Waals surface area contributed by atoms with Gasteiger partial charge >= 0.3 is 6.09 Å². The Balaban J connectivity index is 1.31. The van der Waals surface area contributed by atoms with Crippen LogP contribution in [0.1, 0.15) is 53.0 Å². The third-order valence-electron chi connectivity index (χ3n) is 6.87. The first kappa shape index (κ1) is 25.0. The van der Waals surface area contributed by atoms with E-state index in [-0.39, 0.29) is 12.2 Å². The molecule has 4 heterocycles. The molecule has 1 amide bonds. The van der Waals surface area contributed by atoms with E-state index in [1.165, 1.54) is 0 Å². The van der Waals surface area contributed by atoms with E-state index in [1.54, 1.807) is 29.2 Å². The van der Waals surface area contributed by atoms with Crippen LogP contribution in [-0.2, 0) is 21.2 Å². The number of piperazine rings is 1. The van der Waals surface area contributed by atoms with Gasteiger partial charge in [0, 0.05) is 51.3 Å². The number of likely N-dealkylation sites (tertiary alicyclic amines) is 1. The lowest BCUT2D eigenvalue weighted by Crippen LogP contribution is -2.50. The Hall–Kier alpha value is -2.07. The number of carbonyl (C=O) groups is 1. The van der Waals surface area contributed by atoms with Crippen molar-refractivity contribution in [2.24, 2.45) is 5.92 Å². The summed E-state index contributed by atoms with van der Waals surface area (Å²) in [6.07, 6.45) is 4.29. The van der Waals surface area contributed by atoms with Gasteiger partial charge in [0.25, 0.3) is 0 Å². The van der Waals surface area contributed by atoms with Gasteiger partial charge in [0.15, 0.2) is 0 Å². The Labute approximate surface area is 203 Å². The summed E-state index contributed by atoms with van der Waals surface area (Å²) in [6.45, 7) is 12.7. The summed E-state index contributed by atoms with van der Waals surface area (Å²) < 4.78 is 38.2. The molecule has 0 N–H and O–H groups in total. The molecule has 1 unspecified atom stereocenters. The number of nitrogens with zero attached hydrogens (tertiary/aromatic N) is 4. The summed E-state index contributed by atoms with van der Waals surface area (Å²) in [5.74, 6) is 2.10. The van der Waals surface area contributed by atoms with Gasteiger partial charge in [0.2, 0.25) is 10.0 Å². The van der Waals surface area contributed by atoms with E-state index in [4.69, 9.17) is 9.47 Å². The molecule has 1 aromatic rings. The lowest BCUT2D eigenvalue weighted by Gasteiger charge is -2.35. The summed E-state index contributed by atoms with van der Waals surface area (Å²) in [5, 5.41) is -0.401. The molecule has 3 aliphatic heterocycles. The first-order chi connectivity index (χ1) is 15.9. The number of piperidine rings is 1. The van der Waals surface area contributed by atoms with Gasteiger partial charge in [0.05, 0.1) is 11.4 Å². The molecule has 1 atom stereocenters. The minimum Gasteiger partial charge on any atom is -0.488 e. The maximum Gasteiger partial charge on any atom is 0.410 e. The Morgan fingerprint density at radius 2 is 1.76 bits per heavy atom. The third-order valence-corrected chi connectivity index (χ3v) is 9.15. The fraction of sp³-hybridized carbons (Fsp3) is 0.750. The van der Waals surface area contributed by atoms with Crippen molar-refractivity contribution in [2.75, 3.05) is 44.2 Å². The van der Waals surface area contributed by atoms with Crippen molar-refractivity contribution in [3.8, 4) is 5.75 Å². The van der Waals surface area contributed by atoms with Crippen molar-refractivity contribution in [1.29, 1.82) is 0 Å². The number of rotatable bonds is 4. The van der Waals surface area contributed by atoms with Gasteiger partial charge in [-0.3, -0.25) is 0 Å².